The Morgan fingerprint density at radius 1 is 1.22 bits per heavy atom. The molecule has 1 saturated carbocycles. The molecule has 4 heterocycles. The molecule has 0 aromatic carbocycles. The molecule has 8 heteroatoms. The van der Waals surface area contributed by atoms with Crippen LogP contribution in [0.1, 0.15) is 32.6 Å². The highest BCUT2D eigenvalue weighted by Gasteiger charge is 2.63. The molecule has 1 aliphatic carbocycles. The predicted molar refractivity (Wildman–Crippen MR) is 92.0 cm³/mol. The lowest BCUT2D eigenvalue weighted by Crippen LogP contribution is -2.69. The van der Waals surface area contributed by atoms with Crippen LogP contribution in [-0.4, -0.2) is 74.7 Å². The summed E-state index contributed by atoms with van der Waals surface area (Å²) in [6.07, 6.45) is 4.85. The fraction of sp³-hybridized carbons (Fsp3) is 0.579. The highest BCUT2D eigenvalue weighted by Crippen LogP contribution is 2.47. The average molecular weight is 371 g/mol. The number of carboxylic acids is 1. The molecule has 5 rings (SSSR count). The molecule has 0 radical (unpaired) electrons. The van der Waals surface area contributed by atoms with Crippen LogP contribution < -0.4 is 0 Å². The average Bonchev–Trinajstić information content (AvgIpc) is 3.29. The molecule has 1 N–H and O–H groups in total. The molecule has 4 aliphatic heterocycles. The number of aliphatic carboxylic acids is 1. The van der Waals surface area contributed by atoms with E-state index in [0.29, 0.717) is 43.1 Å². The highest BCUT2D eigenvalue weighted by atomic mass is 16.4. The number of nitrogens with zero attached hydrogens (tertiary/aromatic N) is 3. The Hall–Kier alpha value is -2.64. The Labute approximate surface area is 156 Å². The molecule has 0 spiro atoms. The summed E-state index contributed by atoms with van der Waals surface area (Å²) in [6, 6.07) is -0.449. The number of carboxylic acid groups (broad SMARTS) is 1. The van der Waals surface area contributed by atoms with Gasteiger partial charge in [-0.25, -0.2) is 4.79 Å². The van der Waals surface area contributed by atoms with E-state index >= 15 is 0 Å². The maximum atomic E-state index is 12.6. The van der Waals surface area contributed by atoms with Crippen LogP contribution in [0, 0.1) is 5.92 Å². The standard InChI is InChI=1S/C19H21N3O5/c1-9(23)21-8-12-7-11(6-10-4-5-20(17(10)24)13-2-3-13)15(19(26)27)22-14(12)16(21)18(22)25/h6,12-14,16H,2-5,7-8H2,1H3,(H,26,27)/b10-6+/t12-,14-,16+/m1/s1. The molecular formula is C19H21N3O5. The van der Waals surface area contributed by atoms with Crippen LogP contribution in [0.15, 0.2) is 22.9 Å². The normalized spacial score (nSPS) is 33.7. The molecule has 142 valence electrons. The van der Waals surface area contributed by atoms with Gasteiger partial charge in [-0.1, -0.05) is 0 Å². The summed E-state index contributed by atoms with van der Waals surface area (Å²) in [7, 11) is 0. The third-order valence-corrected chi connectivity index (χ3v) is 6.49. The zero-order valence-corrected chi connectivity index (χ0v) is 15.1. The summed E-state index contributed by atoms with van der Waals surface area (Å²) in [4.78, 5) is 53.8. The van der Waals surface area contributed by atoms with Gasteiger partial charge in [0.25, 0.3) is 5.91 Å². The molecule has 0 unspecified atom stereocenters. The highest BCUT2D eigenvalue weighted by molar-refractivity contribution is 6.03. The molecule has 3 atom stereocenters. The molecule has 0 aromatic rings. The van der Waals surface area contributed by atoms with E-state index in [4.69, 9.17) is 0 Å². The minimum atomic E-state index is -1.15. The summed E-state index contributed by atoms with van der Waals surface area (Å²) in [5, 5.41) is 9.75. The van der Waals surface area contributed by atoms with Crippen molar-refractivity contribution < 1.29 is 24.3 Å². The molecule has 0 bridgehead atoms. The van der Waals surface area contributed by atoms with Gasteiger partial charge in [-0.2, -0.15) is 0 Å². The van der Waals surface area contributed by atoms with E-state index in [1.54, 1.807) is 11.0 Å². The number of allylic oxidation sites excluding steroid dienone is 2. The van der Waals surface area contributed by atoms with E-state index in [-0.39, 0.29) is 35.4 Å². The van der Waals surface area contributed by atoms with Crippen molar-refractivity contribution in [3.05, 3.63) is 22.9 Å². The molecule has 3 amide bonds. The Morgan fingerprint density at radius 2 is 1.96 bits per heavy atom. The van der Waals surface area contributed by atoms with Crippen molar-refractivity contribution >= 4 is 23.7 Å². The third kappa shape index (κ3) is 2.22. The molecule has 4 fully saturated rings. The molecule has 5 aliphatic rings. The van der Waals surface area contributed by atoms with E-state index in [2.05, 4.69) is 0 Å². The maximum absolute atomic E-state index is 12.6. The van der Waals surface area contributed by atoms with Gasteiger partial charge in [0.05, 0.1) is 6.04 Å². The lowest BCUT2D eigenvalue weighted by atomic mass is 9.79. The second-order valence-electron chi connectivity index (χ2n) is 8.11. The number of β-lactam (4-membered cyclic amide) rings is 1. The number of hydrogen-bond donors (Lipinski definition) is 1. The van der Waals surface area contributed by atoms with Crippen LogP contribution in [0.2, 0.25) is 0 Å². The fourth-order valence-electron chi connectivity index (χ4n) is 5.14. The Morgan fingerprint density at radius 3 is 2.59 bits per heavy atom. The minimum absolute atomic E-state index is 0.0125. The van der Waals surface area contributed by atoms with Crippen LogP contribution in [0.5, 0.6) is 0 Å². The van der Waals surface area contributed by atoms with Crippen molar-refractivity contribution in [3.63, 3.8) is 0 Å². The van der Waals surface area contributed by atoms with Gasteiger partial charge in [0.2, 0.25) is 11.8 Å². The zero-order chi connectivity index (χ0) is 19.0. The van der Waals surface area contributed by atoms with Crippen LogP contribution >= 0.6 is 0 Å². The van der Waals surface area contributed by atoms with Gasteiger partial charge in [-0.3, -0.25) is 19.3 Å². The van der Waals surface area contributed by atoms with E-state index in [0.717, 1.165) is 12.8 Å². The second-order valence-corrected chi connectivity index (χ2v) is 8.11. The molecule has 27 heavy (non-hydrogen) atoms. The number of rotatable bonds is 3. The van der Waals surface area contributed by atoms with Gasteiger partial charge >= 0.3 is 5.97 Å². The third-order valence-electron chi connectivity index (χ3n) is 6.49. The predicted octanol–water partition coefficient (Wildman–Crippen LogP) is 0.108. The summed E-state index contributed by atoms with van der Waals surface area (Å²) in [6.45, 7) is 2.57. The van der Waals surface area contributed by atoms with Gasteiger partial charge in [-0.15, -0.1) is 0 Å². The van der Waals surface area contributed by atoms with Gasteiger partial charge in [0.15, 0.2) is 0 Å². The van der Waals surface area contributed by atoms with Gasteiger partial charge in [0, 0.05) is 37.5 Å². The minimum Gasteiger partial charge on any atom is -0.477 e. The number of carbonyl (C=O) groups is 4. The van der Waals surface area contributed by atoms with Crippen molar-refractivity contribution in [2.24, 2.45) is 5.92 Å². The first-order valence-corrected chi connectivity index (χ1v) is 9.46. The van der Waals surface area contributed by atoms with E-state index < -0.39 is 12.0 Å². The van der Waals surface area contributed by atoms with Gasteiger partial charge < -0.3 is 14.9 Å². The largest absolute Gasteiger partial charge is 0.477 e. The fourth-order valence-corrected chi connectivity index (χ4v) is 5.14. The molecule has 3 saturated heterocycles. The quantitative estimate of drug-likeness (QED) is 0.561. The number of hydrogen-bond acceptors (Lipinski definition) is 4. The lowest BCUT2D eigenvalue weighted by molar-refractivity contribution is -0.159. The second kappa shape index (κ2) is 5.43. The van der Waals surface area contributed by atoms with Crippen LogP contribution in [0.3, 0.4) is 0 Å². The molecule has 8 nitrogen and oxygen atoms in total. The van der Waals surface area contributed by atoms with Crippen molar-refractivity contribution in [2.75, 3.05) is 13.1 Å². The zero-order valence-electron chi connectivity index (χ0n) is 15.1. The Kier molecular flexibility index (Phi) is 3.33. The summed E-state index contributed by atoms with van der Waals surface area (Å²) in [5.74, 6) is -1.64. The number of carbonyl (C=O) groups excluding carboxylic acids is 3. The Balaban J connectivity index is 1.50. The maximum Gasteiger partial charge on any atom is 0.352 e. The summed E-state index contributed by atoms with van der Waals surface area (Å²) in [5.41, 5.74) is 1.13. The van der Waals surface area contributed by atoms with Crippen LogP contribution in [0.4, 0.5) is 0 Å². The first-order chi connectivity index (χ1) is 12.9. The first-order valence-electron chi connectivity index (χ1n) is 9.46. The molecular weight excluding hydrogens is 350 g/mol. The van der Waals surface area contributed by atoms with Gasteiger partial charge in [-0.05, 0) is 37.3 Å². The smallest absolute Gasteiger partial charge is 0.352 e. The number of amides is 3. The van der Waals surface area contributed by atoms with Crippen molar-refractivity contribution in [2.45, 2.75) is 50.7 Å². The lowest BCUT2D eigenvalue weighted by Gasteiger charge is -2.49. The monoisotopic (exact) mass is 371 g/mol. The van der Waals surface area contributed by atoms with E-state index in [9.17, 15) is 24.3 Å². The molecule has 0 aromatic heterocycles. The van der Waals surface area contributed by atoms with E-state index in [1.807, 2.05) is 4.90 Å². The Bertz CT molecular complexity index is 855. The van der Waals surface area contributed by atoms with Crippen LogP contribution in [0.25, 0.3) is 0 Å². The van der Waals surface area contributed by atoms with Crippen LogP contribution in [-0.2, 0) is 19.2 Å². The summed E-state index contributed by atoms with van der Waals surface area (Å²) < 4.78 is 0. The number of likely N-dealkylation sites (tertiary alicyclic amines) is 2. The van der Waals surface area contributed by atoms with Crippen molar-refractivity contribution in [1.29, 1.82) is 0 Å². The topological polar surface area (TPSA) is 98.2 Å². The van der Waals surface area contributed by atoms with Crippen molar-refractivity contribution in [1.82, 2.24) is 14.7 Å². The first kappa shape index (κ1) is 16.5. The SMILES string of the molecule is CC(=O)N1C[C@H]2CC(/C=C3\CCN(C4CC4)C3=O)=C(C(=O)O)N3C(=O)[C@@H]1[C@@H]23. The van der Waals surface area contributed by atoms with E-state index in [1.165, 1.54) is 11.8 Å². The van der Waals surface area contributed by atoms with Crippen molar-refractivity contribution in [3.8, 4) is 0 Å². The summed E-state index contributed by atoms with van der Waals surface area (Å²) >= 11 is 0. The van der Waals surface area contributed by atoms with Gasteiger partial charge in [0.1, 0.15) is 11.7 Å².